The zero-order valence-corrected chi connectivity index (χ0v) is 12.1. The lowest BCUT2D eigenvalue weighted by molar-refractivity contribution is 0.310. The SMILES string of the molecule is O=c1[nH]nc(CCCOc2ccccc2)c2c1CCCC2. The number of H-pyrrole nitrogens is 1. The summed E-state index contributed by atoms with van der Waals surface area (Å²) in [5.74, 6) is 0.897. The number of fused-ring (bicyclic) bond motifs is 1. The number of hydrogen-bond donors (Lipinski definition) is 1. The maximum atomic E-state index is 11.8. The third kappa shape index (κ3) is 3.32. The first kappa shape index (κ1) is 13.9. The molecule has 0 spiro atoms. The zero-order valence-electron chi connectivity index (χ0n) is 12.1. The van der Waals surface area contributed by atoms with E-state index in [4.69, 9.17) is 4.74 Å². The molecule has 21 heavy (non-hydrogen) atoms. The number of para-hydroxylation sites is 1. The zero-order chi connectivity index (χ0) is 14.5. The summed E-state index contributed by atoms with van der Waals surface area (Å²) < 4.78 is 5.70. The highest BCUT2D eigenvalue weighted by molar-refractivity contribution is 5.30. The van der Waals surface area contributed by atoms with Crippen molar-refractivity contribution in [2.24, 2.45) is 0 Å². The van der Waals surface area contributed by atoms with E-state index in [9.17, 15) is 4.79 Å². The number of nitrogens with one attached hydrogen (secondary N) is 1. The number of aromatic nitrogens is 2. The summed E-state index contributed by atoms with van der Waals surface area (Å²) in [7, 11) is 0. The largest absolute Gasteiger partial charge is 0.494 e. The van der Waals surface area contributed by atoms with Crippen molar-refractivity contribution in [1.29, 1.82) is 0 Å². The number of nitrogens with zero attached hydrogens (tertiary/aromatic N) is 1. The van der Waals surface area contributed by atoms with Crippen molar-refractivity contribution in [1.82, 2.24) is 10.2 Å². The molecule has 0 aliphatic heterocycles. The van der Waals surface area contributed by atoms with Crippen molar-refractivity contribution in [3.05, 3.63) is 57.5 Å². The smallest absolute Gasteiger partial charge is 0.267 e. The maximum Gasteiger partial charge on any atom is 0.267 e. The van der Waals surface area contributed by atoms with Crippen molar-refractivity contribution in [2.75, 3.05) is 6.61 Å². The Hall–Kier alpha value is -2.10. The van der Waals surface area contributed by atoms with Crippen LogP contribution in [0.4, 0.5) is 0 Å². The van der Waals surface area contributed by atoms with Gasteiger partial charge in [0.1, 0.15) is 5.75 Å². The van der Waals surface area contributed by atoms with E-state index < -0.39 is 0 Å². The van der Waals surface area contributed by atoms with Crippen LogP contribution in [0.2, 0.25) is 0 Å². The molecule has 0 fully saturated rings. The third-order valence-corrected chi connectivity index (χ3v) is 3.95. The van der Waals surface area contributed by atoms with E-state index in [1.165, 1.54) is 5.56 Å². The van der Waals surface area contributed by atoms with Crippen LogP contribution in [0.15, 0.2) is 35.1 Å². The number of aryl methyl sites for hydroxylation is 1. The fraction of sp³-hybridized carbons (Fsp3) is 0.412. The molecule has 1 N–H and O–H groups in total. The van der Waals surface area contributed by atoms with E-state index in [0.29, 0.717) is 6.61 Å². The lowest BCUT2D eigenvalue weighted by Gasteiger charge is -2.17. The number of aromatic amines is 1. The van der Waals surface area contributed by atoms with Gasteiger partial charge in [0.2, 0.25) is 0 Å². The van der Waals surface area contributed by atoms with Crippen LogP contribution < -0.4 is 10.3 Å². The van der Waals surface area contributed by atoms with Gasteiger partial charge in [-0.3, -0.25) is 4.79 Å². The van der Waals surface area contributed by atoms with E-state index in [0.717, 1.165) is 55.5 Å². The van der Waals surface area contributed by atoms with Gasteiger partial charge in [-0.15, -0.1) is 0 Å². The number of ether oxygens (including phenoxy) is 1. The van der Waals surface area contributed by atoms with Crippen molar-refractivity contribution in [3.8, 4) is 5.75 Å². The van der Waals surface area contributed by atoms with Gasteiger partial charge in [-0.2, -0.15) is 5.10 Å². The van der Waals surface area contributed by atoms with Crippen LogP contribution in [-0.4, -0.2) is 16.8 Å². The van der Waals surface area contributed by atoms with Crippen LogP contribution in [-0.2, 0) is 19.3 Å². The lowest BCUT2D eigenvalue weighted by atomic mass is 9.91. The second-order valence-electron chi connectivity index (χ2n) is 5.43. The first-order chi connectivity index (χ1) is 10.3. The summed E-state index contributed by atoms with van der Waals surface area (Å²) in [5.41, 5.74) is 3.18. The molecule has 0 atom stereocenters. The summed E-state index contributed by atoms with van der Waals surface area (Å²) in [4.78, 5) is 11.8. The van der Waals surface area contributed by atoms with E-state index in [1.807, 2.05) is 30.3 Å². The van der Waals surface area contributed by atoms with Gasteiger partial charge in [0.05, 0.1) is 12.3 Å². The third-order valence-electron chi connectivity index (χ3n) is 3.95. The van der Waals surface area contributed by atoms with E-state index in [2.05, 4.69) is 10.2 Å². The topological polar surface area (TPSA) is 55.0 Å². The molecule has 0 bridgehead atoms. The van der Waals surface area contributed by atoms with Gasteiger partial charge in [0.25, 0.3) is 5.56 Å². The average molecular weight is 284 g/mol. The molecule has 0 amide bonds. The first-order valence-electron chi connectivity index (χ1n) is 7.62. The summed E-state index contributed by atoms with van der Waals surface area (Å²) in [5, 5.41) is 6.88. The molecule has 4 nitrogen and oxygen atoms in total. The Balaban J connectivity index is 1.60. The highest BCUT2D eigenvalue weighted by Crippen LogP contribution is 2.21. The molecule has 1 aliphatic carbocycles. The van der Waals surface area contributed by atoms with Gasteiger partial charge in [0, 0.05) is 5.56 Å². The van der Waals surface area contributed by atoms with Gasteiger partial charge in [-0.1, -0.05) is 18.2 Å². The molecule has 1 aliphatic rings. The van der Waals surface area contributed by atoms with E-state index in [-0.39, 0.29) is 5.56 Å². The Morgan fingerprint density at radius 1 is 1.10 bits per heavy atom. The van der Waals surface area contributed by atoms with E-state index >= 15 is 0 Å². The Kier molecular flexibility index (Phi) is 4.34. The number of benzene rings is 1. The monoisotopic (exact) mass is 284 g/mol. The predicted octanol–water partition coefficient (Wildman–Crippen LogP) is 2.66. The molecule has 1 aromatic heterocycles. The fourth-order valence-electron chi connectivity index (χ4n) is 2.88. The van der Waals surface area contributed by atoms with Gasteiger partial charge in [-0.05, 0) is 56.2 Å². The standard InChI is InChI=1S/C17H20N2O2/c20-17-15-10-5-4-9-14(15)16(18-19-17)11-6-12-21-13-7-2-1-3-8-13/h1-3,7-8H,4-6,9-12H2,(H,19,20). The fourth-order valence-corrected chi connectivity index (χ4v) is 2.88. The maximum absolute atomic E-state index is 11.8. The molecular weight excluding hydrogens is 264 g/mol. The lowest BCUT2D eigenvalue weighted by Crippen LogP contribution is -2.23. The molecule has 4 heteroatoms. The molecule has 0 radical (unpaired) electrons. The normalized spacial score (nSPS) is 13.7. The Morgan fingerprint density at radius 2 is 1.86 bits per heavy atom. The second kappa shape index (κ2) is 6.57. The molecular formula is C17H20N2O2. The summed E-state index contributed by atoms with van der Waals surface area (Å²) in [6.07, 6.45) is 5.90. The minimum atomic E-state index is -0.00557. The van der Waals surface area contributed by atoms with Crippen molar-refractivity contribution in [3.63, 3.8) is 0 Å². The Bertz CT molecular complexity index is 650. The quantitative estimate of drug-likeness (QED) is 0.859. The van der Waals surface area contributed by atoms with Crippen LogP contribution in [0.1, 0.15) is 36.1 Å². The molecule has 3 rings (SSSR count). The van der Waals surface area contributed by atoms with E-state index in [1.54, 1.807) is 0 Å². The first-order valence-corrected chi connectivity index (χ1v) is 7.62. The molecule has 1 heterocycles. The van der Waals surface area contributed by atoms with Gasteiger partial charge in [0.15, 0.2) is 0 Å². The van der Waals surface area contributed by atoms with Crippen LogP contribution >= 0.6 is 0 Å². The molecule has 0 saturated carbocycles. The Morgan fingerprint density at radius 3 is 2.67 bits per heavy atom. The summed E-state index contributed by atoms with van der Waals surface area (Å²) >= 11 is 0. The highest BCUT2D eigenvalue weighted by atomic mass is 16.5. The molecule has 2 aromatic rings. The molecule has 0 unspecified atom stereocenters. The van der Waals surface area contributed by atoms with Gasteiger partial charge >= 0.3 is 0 Å². The van der Waals surface area contributed by atoms with Crippen LogP contribution in [0.3, 0.4) is 0 Å². The summed E-state index contributed by atoms with van der Waals surface area (Å²) in [6, 6.07) is 9.83. The van der Waals surface area contributed by atoms with Gasteiger partial charge in [-0.25, -0.2) is 5.10 Å². The Labute approximate surface area is 124 Å². The number of hydrogen-bond acceptors (Lipinski definition) is 3. The van der Waals surface area contributed by atoms with Gasteiger partial charge < -0.3 is 4.74 Å². The minimum Gasteiger partial charge on any atom is -0.494 e. The molecule has 110 valence electrons. The number of rotatable bonds is 5. The van der Waals surface area contributed by atoms with Crippen molar-refractivity contribution < 1.29 is 4.74 Å². The predicted molar refractivity (Wildman–Crippen MR) is 81.8 cm³/mol. The molecule has 1 aromatic carbocycles. The molecule has 0 saturated heterocycles. The second-order valence-corrected chi connectivity index (χ2v) is 5.43. The van der Waals surface area contributed by atoms with Crippen molar-refractivity contribution in [2.45, 2.75) is 38.5 Å². The highest BCUT2D eigenvalue weighted by Gasteiger charge is 2.17. The van der Waals surface area contributed by atoms with Crippen molar-refractivity contribution >= 4 is 0 Å². The summed E-state index contributed by atoms with van der Waals surface area (Å²) in [6.45, 7) is 0.666. The average Bonchev–Trinajstić information content (AvgIpc) is 2.55. The van der Waals surface area contributed by atoms with Crippen LogP contribution in [0.25, 0.3) is 0 Å². The van der Waals surface area contributed by atoms with Crippen LogP contribution in [0.5, 0.6) is 5.75 Å². The van der Waals surface area contributed by atoms with Crippen LogP contribution in [0, 0.1) is 0 Å². The minimum absolute atomic E-state index is 0.00557.